The van der Waals surface area contributed by atoms with Crippen LogP contribution in [-0.2, 0) is 17.6 Å². The Morgan fingerprint density at radius 3 is 2.74 bits per heavy atom. The van der Waals surface area contributed by atoms with Crippen LogP contribution in [0.15, 0.2) is 12.1 Å². The number of carbonyl (C=O) groups excluding carboxylic acids is 1. The molecule has 0 aliphatic heterocycles. The highest BCUT2D eigenvalue weighted by Crippen LogP contribution is 2.31. The fourth-order valence-corrected chi connectivity index (χ4v) is 3.04. The number of unbranched alkanes of at least 4 members (excludes halogenated alkanes) is 2. The van der Waals surface area contributed by atoms with E-state index in [1.807, 2.05) is 6.07 Å². The quantitative estimate of drug-likeness (QED) is 0.517. The molecule has 0 spiro atoms. The van der Waals surface area contributed by atoms with Crippen LogP contribution < -0.4 is 4.74 Å². The van der Waals surface area contributed by atoms with Crippen LogP contribution in [0.3, 0.4) is 0 Å². The van der Waals surface area contributed by atoms with E-state index in [4.69, 9.17) is 21.4 Å². The van der Waals surface area contributed by atoms with Crippen molar-refractivity contribution in [1.82, 2.24) is 0 Å². The molecule has 1 N–H and O–H groups in total. The fourth-order valence-electron chi connectivity index (χ4n) is 2.85. The third kappa shape index (κ3) is 5.24. The van der Waals surface area contributed by atoms with Gasteiger partial charge in [-0.25, -0.2) is 0 Å². The molecule has 5 heteroatoms. The summed E-state index contributed by atoms with van der Waals surface area (Å²) >= 11 is 5.71. The number of ether oxygens (including phenoxy) is 1. The van der Waals surface area contributed by atoms with E-state index in [-0.39, 0.29) is 12.2 Å². The Balaban J connectivity index is 2.04. The number of carbonyl (C=O) groups is 2. The Kier molecular flexibility index (Phi) is 6.90. The summed E-state index contributed by atoms with van der Waals surface area (Å²) in [6.07, 6.45) is 5.93. The lowest BCUT2D eigenvalue weighted by atomic mass is 10.0. The number of carboxylic acid groups (broad SMARTS) is 1. The van der Waals surface area contributed by atoms with Crippen LogP contribution in [0.2, 0.25) is 0 Å². The molecule has 0 bridgehead atoms. The number of fused-ring (bicyclic) bond motifs is 1. The Labute approximate surface area is 141 Å². The minimum atomic E-state index is -0.820. The molecule has 126 valence electrons. The molecule has 0 saturated heterocycles. The van der Waals surface area contributed by atoms with Crippen molar-refractivity contribution in [3.8, 4) is 5.75 Å². The van der Waals surface area contributed by atoms with Crippen LogP contribution in [0.1, 0.15) is 60.0 Å². The van der Waals surface area contributed by atoms with Crippen molar-refractivity contribution < 1.29 is 19.4 Å². The average molecular weight is 339 g/mol. The maximum Gasteiger partial charge on any atom is 0.303 e. The van der Waals surface area contributed by atoms with E-state index < -0.39 is 5.97 Å². The van der Waals surface area contributed by atoms with E-state index in [1.54, 1.807) is 0 Å². The summed E-state index contributed by atoms with van der Waals surface area (Å²) in [7, 11) is 0. The molecular weight excluding hydrogens is 316 g/mol. The van der Waals surface area contributed by atoms with Gasteiger partial charge in [-0.05, 0) is 49.3 Å². The third-order valence-corrected chi connectivity index (χ3v) is 4.35. The van der Waals surface area contributed by atoms with Gasteiger partial charge in [-0.3, -0.25) is 9.59 Å². The van der Waals surface area contributed by atoms with Gasteiger partial charge >= 0.3 is 5.97 Å². The fraction of sp³-hybridized carbons (Fsp3) is 0.556. The van der Waals surface area contributed by atoms with Gasteiger partial charge < -0.3 is 9.84 Å². The van der Waals surface area contributed by atoms with E-state index in [0.717, 1.165) is 54.5 Å². The lowest BCUT2D eigenvalue weighted by Gasteiger charge is -2.13. The predicted molar refractivity (Wildman–Crippen MR) is 89.7 cm³/mol. The number of ketones is 1. The van der Waals surface area contributed by atoms with E-state index in [2.05, 4.69) is 6.07 Å². The first-order valence-corrected chi connectivity index (χ1v) is 8.75. The van der Waals surface area contributed by atoms with Gasteiger partial charge in [0.2, 0.25) is 0 Å². The van der Waals surface area contributed by atoms with Crippen molar-refractivity contribution in [2.24, 2.45) is 0 Å². The lowest BCUT2D eigenvalue weighted by molar-refractivity contribution is -0.137. The molecule has 1 aliphatic carbocycles. The van der Waals surface area contributed by atoms with Crippen LogP contribution in [0.25, 0.3) is 0 Å². The Hall–Kier alpha value is -1.55. The summed E-state index contributed by atoms with van der Waals surface area (Å²) in [4.78, 5) is 22.5. The van der Waals surface area contributed by atoms with E-state index in [1.165, 1.54) is 0 Å². The number of Topliss-reactive ketones (excluding diaryl/α,β-unsaturated/α-hetero) is 1. The molecule has 0 heterocycles. The number of aliphatic carboxylic acids is 1. The van der Waals surface area contributed by atoms with Crippen molar-refractivity contribution in [2.45, 2.75) is 51.4 Å². The summed E-state index contributed by atoms with van der Waals surface area (Å²) < 4.78 is 5.78. The smallest absolute Gasteiger partial charge is 0.303 e. The Morgan fingerprint density at radius 2 is 2.00 bits per heavy atom. The first-order valence-electron chi connectivity index (χ1n) is 8.21. The van der Waals surface area contributed by atoms with Gasteiger partial charge in [0.15, 0.2) is 5.78 Å². The van der Waals surface area contributed by atoms with Crippen LogP contribution in [0.5, 0.6) is 5.75 Å². The van der Waals surface area contributed by atoms with Crippen LogP contribution in [0, 0.1) is 0 Å². The minimum Gasteiger partial charge on any atom is -0.493 e. The zero-order valence-corrected chi connectivity index (χ0v) is 14.0. The van der Waals surface area contributed by atoms with Crippen LogP contribution in [0.4, 0.5) is 0 Å². The molecule has 0 unspecified atom stereocenters. The highest BCUT2D eigenvalue weighted by molar-refractivity contribution is 6.17. The summed E-state index contributed by atoms with van der Waals surface area (Å²) in [5, 5.41) is 8.68. The van der Waals surface area contributed by atoms with Gasteiger partial charge in [-0.1, -0.05) is 12.5 Å². The molecule has 0 saturated carbocycles. The maximum absolute atomic E-state index is 11.9. The standard InChI is InChI=1S/C18H23ClO4/c19-9-3-1-2-5-14-11-13-7-8-16(20)15(13)12-17(14)23-10-4-6-18(21)22/h11-12H,1-10H2,(H,21,22). The van der Waals surface area contributed by atoms with Gasteiger partial charge in [0.05, 0.1) is 6.61 Å². The van der Waals surface area contributed by atoms with Crippen molar-refractivity contribution in [3.63, 3.8) is 0 Å². The topological polar surface area (TPSA) is 63.6 Å². The zero-order valence-electron chi connectivity index (χ0n) is 13.3. The highest BCUT2D eigenvalue weighted by atomic mass is 35.5. The number of halogens is 1. The Bertz CT molecular complexity index is 568. The number of aryl methyl sites for hydroxylation is 2. The van der Waals surface area contributed by atoms with Gasteiger partial charge in [-0.2, -0.15) is 0 Å². The van der Waals surface area contributed by atoms with E-state index >= 15 is 0 Å². The van der Waals surface area contributed by atoms with Gasteiger partial charge in [0.1, 0.15) is 5.75 Å². The first-order chi connectivity index (χ1) is 11.1. The molecule has 0 radical (unpaired) electrons. The van der Waals surface area contributed by atoms with E-state index in [0.29, 0.717) is 25.3 Å². The summed E-state index contributed by atoms with van der Waals surface area (Å²) in [6, 6.07) is 3.94. The number of hydrogen-bond donors (Lipinski definition) is 1. The van der Waals surface area contributed by atoms with Crippen LogP contribution >= 0.6 is 11.6 Å². The van der Waals surface area contributed by atoms with Crippen molar-refractivity contribution in [3.05, 3.63) is 28.8 Å². The number of alkyl halides is 1. The van der Waals surface area contributed by atoms with Crippen molar-refractivity contribution in [2.75, 3.05) is 12.5 Å². The largest absolute Gasteiger partial charge is 0.493 e. The highest BCUT2D eigenvalue weighted by Gasteiger charge is 2.22. The molecule has 0 fully saturated rings. The lowest BCUT2D eigenvalue weighted by Crippen LogP contribution is -2.05. The SMILES string of the molecule is O=C(O)CCCOc1cc2c(cc1CCCCCCl)CCC2=O. The maximum atomic E-state index is 11.9. The molecular formula is C18H23ClO4. The second kappa shape index (κ2) is 8.92. The van der Waals surface area contributed by atoms with Gasteiger partial charge in [0.25, 0.3) is 0 Å². The summed E-state index contributed by atoms with van der Waals surface area (Å²) in [5.74, 6) is 0.760. The monoisotopic (exact) mass is 338 g/mol. The number of rotatable bonds is 10. The molecule has 4 nitrogen and oxygen atoms in total. The molecule has 1 aliphatic rings. The predicted octanol–water partition coefficient (Wildman–Crippen LogP) is 4.01. The molecule has 2 rings (SSSR count). The second-order valence-electron chi connectivity index (χ2n) is 5.89. The molecule has 1 aromatic rings. The molecule has 23 heavy (non-hydrogen) atoms. The van der Waals surface area contributed by atoms with Crippen LogP contribution in [-0.4, -0.2) is 29.3 Å². The Morgan fingerprint density at radius 1 is 1.17 bits per heavy atom. The van der Waals surface area contributed by atoms with E-state index in [9.17, 15) is 9.59 Å². The summed E-state index contributed by atoms with van der Waals surface area (Å²) in [5.41, 5.74) is 2.99. The van der Waals surface area contributed by atoms with Gasteiger partial charge in [-0.15, -0.1) is 11.6 Å². The minimum absolute atomic E-state index is 0.0922. The first kappa shape index (κ1) is 17.8. The molecule has 0 aromatic heterocycles. The molecule has 0 atom stereocenters. The third-order valence-electron chi connectivity index (χ3n) is 4.08. The van der Waals surface area contributed by atoms with Crippen molar-refractivity contribution in [1.29, 1.82) is 0 Å². The average Bonchev–Trinajstić information content (AvgIpc) is 2.88. The molecule has 0 amide bonds. The van der Waals surface area contributed by atoms with Gasteiger partial charge in [0, 0.05) is 24.3 Å². The molecule has 1 aromatic carbocycles. The van der Waals surface area contributed by atoms with Crippen molar-refractivity contribution >= 4 is 23.4 Å². The second-order valence-corrected chi connectivity index (χ2v) is 6.26. The summed E-state index contributed by atoms with van der Waals surface area (Å²) in [6.45, 7) is 0.355. The number of hydrogen-bond acceptors (Lipinski definition) is 3. The number of carboxylic acids is 1. The normalized spacial score (nSPS) is 13.2. The zero-order chi connectivity index (χ0) is 16.7. The number of benzene rings is 1.